The van der Waals surface area contributed by atoms with Gasteiger partial charge in [-0.15, -0.1) is 0 Å². The monoisotopic (exact) mass is 336 g/mol. The van der Waals surface area contributed by atoms with Crippen LogP contribution in [0.3, 0.4) is 0 Å². The summed E-state index contributed by atoms with van der Waals surface area (Å²) in [6.07, 6.45) is 2.59. The van der Waals surface area contributed by atoms with Crippen LogP contribution in [0.4, 0.5) is 5.69 Å². The second-order valence-electron chi connectivity index (χ2n) is 6.01. The maximum Gasteiger partial charge on any atom is 0.161 e. The fourth-order valence-corrected chi connectivity index (χ4v) is 3.91. The number of carbonyl (C=O) groups excluding carboxylic acids is 1. The number of hydrogen-bond acceptors (Lipinski definition) is 3. The fraction of sp³-hybridized carbons (Fsp3) is 0.562. The summed E-state index contributed by atoms with van der Waals surface area (Å²) in [5.74, 6) is 0.147. The number of piperazine rings is 1. The lowest BCUT2D eigenvalue weighted by Crippen LogP contribution is -2.55. The Kier molecular flexibility index (Phi) is 3.87. The molecule has 2 fully saturated rings. The van der Waals surface area contributed by atoms with Crippen LogP contribution in [0, 0.1) is 0 Å². The molecule has 2 unspecified atom stereocenters. The van der Waals surface area contributed by atoms with Gasteiger partial charge in [-0.1, -0.05) is 15.9 Å². The quantitative estimate of drug-likeness (QED) is 0.774. The molecule has 2 saturated heterocycles. The van der Waals surface area contributed by atoms with E-state index in [2.05, 4.69) is 38.7 Å². The van der Waals surface area contributed by atoms with E-state index >= 15 is 0 Å². The lowest BCUT2D eigenvalue weighted by atomic mass is 10.0. The number of carbonyl (C=O) groups is 1. The Morgan fingerprint density at radius 2 is 2.15 bits per heavy atom. The van der Waals surface area contributed by atoms with Crippen molar-refractivity contribution < 1.29 is 4.79 Å². The molecular weight excluding hydrogens is 316 g/mol. The van der Waals surface area contributed by atoms with Crippen molar-refractivity contribution in [2.75, 3.05) is 24.5 Å². The zero-order chi connectivity index (χ0) is 14.3. The topological polar surface area (TPSA) is 23.6 Å². The highest BCUT2D eigenvalue weighted by Gasteiger charge is 2.35. The average Bonchev–Trinajstić information content (AvgIpc) is 2.84. The van der Waals surface area contributed by atoms with E-state index in [4.69, 9.17) is 0 Å². The van der Waals surface area contributed by atoms with Crippen LogP contribution in [0.5, 0.6) is 0 Å². The highest BCUT2D eigenvalue weighted by atomic mass is 79.9. The molecule has 0 spiro atoms. The zero-order valence-corrected chi connectivity index (χ0v) is 13.7. The van der Waals surface area contributed by atoms with Gasteiger partial charge in [0.15, 0.2) is 5.78 Å². The van der Waals surface area contributed by atoms with Gasteiger partial charge in [-0.3, -0.25) is 9.69 Å². The third kappa shape index (κ3) is 2.51. The summed E-state index contributed by atoms with van der Waals surface area (Å²) in [5.41, 5.74) is 1.93. The molecule has 2 heterocycles. The maximum absolute atomic E-state index is 11.9. The van der Waals surface area contributed by atoms with Crippen molar-refractivity contribution in [2.24, 2.45) is 0 Å². The molecule has 0 amide bonds. The van der Waals surface area contributed by atoms with Crippen molar-refractivity contribution in [2.45, 2.75) is 38.8 Å². The smallest absolute Gasteiger partial charge is 0.161 e. The third-order valence-electron chi connectivity index (χ3n) is 4.59. The van der Waals surface area contributed by atoms with Gasteiger partial charge in [-0.05, 0) is 51.4 Å². The molecule has 2 aliphatic heterocycles. The van der Waals surface area contributed by atoms with Gasteiger partial charge in [-0.25, -0.2) is 0 Å². The largest absolute Gasteiger partial charge is 0.365 e. The predicted octanol–water partition coefficient (Wildman–Crippen LogP) is 3.32. The van der Waals surface area contributed by atoms with Crippen LogP contribution in [0.25, 0.3) is 0 Å². The number of anilines is 1. The van der Waals surface area contributed by atoms with Gasteiger partial charge >= 0.3 is 0 Å². The molecule has 0 N–H and O–H groups in total. The van der Waals surface area contributed by atoms with E-state index in [1.807, 2.05) is 12.1 Å². The first-order valence-electron chi connectivity index (χ1n) is 7.37. The number of rotatable bonds is 2. The van der Waals surface area contributed by atoms with Gasteiger partial charge in [0.1, 0.15) is 0 Å². The minimum Gasteiger partial charge on any atom is -0.365 e. The first-order valence-corrected chi connectivity index (χ1v) is 8.16. The van der Waals surface area contributed by atoms with Crippen LogP contribution in [0.1, 0.15) is 37.0 Å². The molecular formula is C16H21BrN2O. The summed E-state index contributed by atoms with van der Waals surface area (Å²) >= 11 is 3.54. The molecule has 0 saturated carbocycles. The minimum absolute atomic E-state index is 0.147. The van der Waals surface area contributed by atoms with Crippen LogP contribution in [0.15, 0.2) is 22.7 Å². The number of fused-ring (bicyclic) bond motifs is 1. The molecule has 0 radical (unpaired) electrons. The molecule has 0 aromatic heterocycles. The molecule has 3 nitrogen and oxygen atoms in total. The van der Waals surface area contributed by atoms with Crippen molar-refractivity contribution in [1.82, 2.24) is 4.90 Å². The maximum atomic E-state index is 11.9. The molecule has 1 aromatic rings. The number of nitrogens with zero attached hydrogens (tertiary/aromatic N) is 2. The van der Waals surface area contributed by atoms with Crippen molar-refractivity contribution in [3.05, 3.63) is 28.2 Å². The summed E-state index contributed by atoms with van der Waals surface area (Å²) in [4.78, 5) is 16.9. The molecule has 0 bridgehead atoms. The van der Waals surface area contributed by atoms with Crippen LogP contribution in [-0.4, -0.2) is 42.4 Å². The third-order valence-corrected chi connectivity index (χ3v) is 5.08. The SMILES string of the molecule is CC(=O)c1ccc(Br)cc1N1CC2CCCN2CC1C. The molecule has 20 heavy (non-hydrogen) atoms. The Bertz CT molecular complexity index is 531. The molecule has 2 aliphatic rings. The van der Waals surface area contributed by atoms with E-state index in [0.717, 1.165) is 28.8 Å². The first-order chi connectivity index (χ1) is 9.56. The van der Waals surface area contributed by atoms with E-state index in [0.29, 0.717) is 12.1 Å². The zero-order valence-electron chi connectivity index (χ0n) is 12.1. The number of hydrogen-bond donors (Lipinski definition) is 0. The normalized spacial score (nSPS) is 26.6. The standard InChI is InChI=1S/C16H21BrN2O/c1-11-9-18-7-3-4-14(18)10-19(11)16-8-13(17)5-6-15(16)12(2)20/h5-6,8,11,14H,3-4,7,9-10H2,1-2H3. The molecule has 2 atom stereocenters. The number of benzene rings is 1. The van der Waals surface area contributed by atoms with E-state index in [-0.39, 0.29) is 5.78 Å². The van der Waals surface area contributed by atoms with Crippen LogP contribution in [0.2, 0.25) is 0 Å². The average molecular weight is 337 g/mol. The lowest BCUT2D eigenvalue weighted by molar-refractivity contribution is 0.101. The molecule has 108 valence electrons. The Hall–Kier alpha value is -0.870. The van der Waals surface area contributed by atoms with Crippen LogP contribution >= 0.6 is 15.9 Å². The van der Waals surface area contributed by atoms with Gasteiger partial charge in [-0.2, -0.15) is 0 Å². The van der Waals surface area contributed by atoms with E-state index in [9.17, 15) is 4.79 Å². The van der Waals surface area contributed by atoms with E-state index in [1.165, 1.54) is 19.4 Å². The summed E-state index contributed by atoms with van der Waals surface area (Å²) in [6.45, 7) is 7.30. The van der Waals surface area contributed by atoms with E-state index in [1.54, 1.807) is 6.92 Å². The summed E-state index contributed by atoms with van der Waals surface area (Å²) in [6, 6.07) is 7.10. The van der Waals surface area contributed by atoms with Gasteiger partial charge in [0.05, 0.1) is 0 Å². The second-order valence-corrected chi connectivity index (χ2v) is 6.93. The van der Waals surface area contributed by atoms with Crippen molar-refractivity contribution in [3.8, 4) is 0 Å². The van der Waals surface area contributed by atoms with Gasteiger partial charge in [0.25, 0.3) is 0 Å². The summed E-state index contributed by atoms with van der Waals surface area (Å²) < 4.78 is 1.04. The number of ketones is 1. The Labute approximate surface area is 129 Å². The first kappa shape index (κ1) is 14.1. The van der Waals surface area contributed by atoms with Crippen LogP contribution in [-0.2, 0) is 0 Å². The Morgan fingerprint density at radius 1 is 1.35 bits per heavy atom. The van der Waals surface area contributed by atoms with Crippen molar-refractivity contribution in [1.29, 1.82) is 0 Å². The number of Topliss-reactive ketones (excluding diaryl/α,β-unsaturated/α-hetero) is 1. The molecule has 3 rings (SSSR count). The molecule has 1 aromatic carbocycles. The van der Waals surface area contributed by atoms with Crippen LogP contribution < -0.4 is 4.90 Å². The highest BCUT2D eigenvalue weighted by Crippen LogP contribution is 2.32. The molecule has 0 aliphatic carbocycles. The minimum atomic E-state index is 0.147. The predicted molar refractivity (Wildman–Crippen MR) is 85.5 cm³/mol. The highest BCUT2D eigenvalue weighted by molar-refractivity contribution is 9.10. The second kappa shape index (κ2) is 5.49. The fourth-order valence-electron chi connectivity index (χ4n) is 3.56. The van der Waals surface area contributed by atoms with E-state index < -0.39 is 0 Å². The van der Waals surface area contributed by atoms with Gasteiger partial charge in [0, 0.05) is 40.9 Å². The van der Waals surface area contributed by atoms with Crippen molar-refractivity contribution in [3.63, 3.8) is 0 Å². The van der Waals surface area contributed by atoms with Gasteiger partial charge in [0.2, 0.25) is 0 Å². The number of halogens is 1. The molecule has 4 heteroatoms. The Morgan fingerprint density at radius 3 is 2.90 bits per heavy atom. The lowest BCUT2D eigenvalue weighted by Gasteiger charge is -2.44. The van der Waals surface area contributed by atoms with Crippen molar-refractivity contribution >= 4 is 27.4 Å². The summed E-state index contributed by atoms with van der Waals surface area (Å²) in [5, 5.41) is 0. The van der Waals surface area contributed by atoms with Gasteiger partial charge < -0.3 is 4.90 Å². The Balaban J connectivity index is 1.95. The summed E-state index contributed by atoms with van der Waals surface area (Å²) in [7, 11) is 0.